The van der Waals surface area contributed by atoms with Crippen molar-refractivity contribution < 1.29 is 0 Å². The van der Waals surface area contributed by atoms with Crippen molar-refractivity contribution in [3.8, 4) is 0 Å². The number of hydrogen-bond acceptors (Lipinski definition) is 2. The Morgan fingerprint density at radius 2 is 2.30 bits per heavy atom. The first-order valence-corrected chi connectivity index (χ1v) is 4.26. The molecule has 1 atom stereocenters. The molecule has 1 rings (SSSR count). The highest BCUT2D eigenvalue weighted by atomic mass is 14.9. The lowest BCUT2D eigenvalue weighted by molar-refractivity contribution is 0.322. The largest absolute Gasteiger partial charge is 0.330 e. The Morgan fingerprint density at radius 1 is 1.60 bits per heavy atom. The summed E-state index contributed by atoms with van der Waals surface area (Å²) in [5.41, 5.74) is 5.48. The van der Waals surface area contributed by atoms with E-state index in [2.05, 4.69) is 12.2 Å². The lowest BCUT2D eigenvalue weighted by Gasteiger charge is -2.27. The van der Waals surface area contributed by atoms with Crippen molar-refractivity contribution in [3.63, 3.8) is 0 Å². The molecule has 0 bridgehead atoms. The van der Waals surface area contributed by atoms with Crippen LogP contribution >= 0.6 is 0 Å². The SMILES string of the molecule is CC(CN)CNC1CCC1. The molecule has 0 aromatic rings. The quantitative estimate of drug-likeness (QED) is 0.607. The van der Waals surface area contributed by atoms with Gasteiger partial charge in [-0.1, -0.05) is 13.3 Å². The topological polar surface area (TPSA) is 38.0 Å². The minimum absolute atomic E-state index is 0.639. The van der Waals surface area contributed by atoms with Crippen LogP contribution in [0.2, 0.25) is 0 Å². The average molecular weight is 142 g/mol. The predicted molar refractivity (Wildman–Crippen MR) is 43.9 cm³/mol. The van der Waals surface area contributed by atoms with Gasteiger partial charge >= 0.3 is 0 Å². The molecule has 1 aliphatic carbocycles. The number of rotatable bonds is 4. The fraction of sp³-hybridized carbons (Fsp3) is 1.00. The maximum atomic E-state index is 5.48. The summed E-state index contributed by atoms with van der Waals surface area (Å²) in [4.78, 5) is 0. The molecule has 0 amide bonds. The van der Waals surface area contributed by atoms with E-state index in [0.717, 1.165) is 19.1 Å². The van der Waals surface area contributed by atoms with Gasteiger partial charge in [-0.3, -0.25) is 0 Å². The zero-order valence-corrected chi connectivity index (χ0v) is 6.77. The van der Waals surface area contributed by atoms with Crippen molar-refractivity contribution in [1.29, 1.82) is 0 Å². The molecule has 1 unspecified atom stereocenters. The monoisotopic (exact) mass is 142 g/mol. The highest BCUT2D eigenvalue weighted by molar-refractivity contribution is 4.76. The molecule has 0 spiro atoms. The molecule has 1 fully saturated rings. The Morgan fingerprint density at radius 3 is 2.70 bits per heavy atom. The molecule has 10 heavy (non-hydrogen) atoms. The van der Waals surface area contributed by atoms with Gasteiger partial charge in [-0.25, -0.2) is 0 Å². The summed E-state index contributed by atoms with van der Waals surface area (Å²) in [7, 11) is 0. The molecule has 0 aromatic carbocycles. The van der Waals surface area contributed by atoms with Gasteiger partial charge in [0.25, 0.3) is 0 Å². The summed E-state index contributed by atoms with van der Waals surface area (Å²) in [5, 5.41) is 3.49. The van der Waals surface area contributed by atoms with Crippen LogP contribution in [0.4, 0.5) is 0 Å². The van der Waals surface area contributed by atoms with E-state index in [4.69, 9.17) is 5.73 Å². The molecule has 2 heteroatoms. The Hall–Kier alpha value is -0.0800. The standard InChI is InChI=1S/C8H18N2/c1-7(5-9)6-10-8-3-2-4-8/h7-8,10H,2-6,9H2,1H3. The second kappa shape index (κ2) is 3.94. The maximum absolute atomic E-state index is 5.48. The Balaban J connectivity index is 1.93. The fourth-order valence-electron chi connectivity index (χ4n) is 1.06. The molecule has 0 heterocycles. The van der Waals surface area contributed by atoms with Gasteiger partial charge in [0.05, 0.1) is 0 Å². The summed E-state index contributed by atoms with van der Waals surface area (Å²) in [6.07, 6.45) is 4.16. The van der Waals surface area contributed by atoms with Crippen LogP contribution in [0.3, 0.4) is 0 Å². The highest BCUT2D eigenvalue weighted by Gasteiger charge is 2.16. The van der Waals surface area contributed by atoms with Gasteiger partial charge in [0.2, 0.25) is 0 Å². The fourth-order valence-corrected chi connectivity index (χ4v) is 1.06. The molecule has 0 aliphatic heterocycles. The van der Waals surface area contributed by atoms with Crippen LogP contribution in [0.1, 0.15) is 26.2 Å². The zero-order valence-electron chi connectivity index (χ0n) is 6.77. The van der Waals surface area contributed by atoms with E-state index in [1.807, 2.05) is 0 Å². The van der Waals surface area contributed by atoms with E-state index in [-0.39, 0.29) is 0 Å². The first kappa shape index (κ1) is 8.02. The van der Waals surface area contributed by atoms with E-state index in [9.17, 15) is 0 Å². The van der Waals surface area contributed by atoms with Crippen LogP contribution in [0.15, 0.2) is 0 Å². The Labute approximate surface area is 63.2 Å². The van der Waals surface area contributed by atoms with E-state index < -0.39 is 0 Å². The van der Waals surface area contributed by atoms with Gasteiger partial charge < -0.3 is 11.1 Å². The van der Waals surface area contributed by atoms with Crippen LogP contribution in [-0.4, -0.2) is 19.1 Å². The third kappa shape index (κ3) is 2.27. The molecule has 60 valence electrons. The normalized spacial score (nSPS) is 22.2. The molecule has 3 N–H and O–H groups in total. The highest BCUT2D eigenvalue weighted by Crippen LogP contribution is 2.17. The average Bonchev–Trinajstić information content (AvgIpc) is 1.84. The van der Waals surface area contributed by atoms with E-state index in [1.54, 1.807) is 0 Å². The Bertz CT molecular complexity index is 84.5. The first-order valence-electron chi connectivity index (χ1n) is 4.26. The van der Waals surface area contributed by atoms with Crippen LogP contribution in [0.25, 0.3) is 0 Å². The Kier molecular flexibility index (Phi) is 3.16. The van der Waals surface area contributed by atoms with Crippen molar-refractivity contribution in [2.24, 2.45) is 11.7 Å². The molecule has 1 aliphatic rings. The van der Waals surface area contributed by atoms with E-state index in [0.29, 0.717) is 5.92 Å². The molecular weight excluding hydrogens is 124 g/mol. The third-order valence-corrected chi connectivity index (χ3v) is 2.26. The van der Waals surface area contributed by atoms with Gasteiger partial charge in [-0.2, -0.15) is 0 Å². The van der Waals surface area contributed by atoms with Gasteiger partial charge in [0.15, 0.2) is 0 Å². The van der Waals surface area contributed by atoms with Crippen LogP contribution < -0.4 is 11.1 Å². The van der Waals surface area contributed by atoms with Crippen molar-refractivity contribution in [2.45, 2.75) is 32.2 Å². The van der Waals surface area contributed by atoms with Crippen molar-refractivity contribution in [2.75, 3.05) is 13.1 Å². The number of hydrogen-bond donors (Lipinski definition) is 2. The van der Waals surface area contributed by atoms with Gasteiger partial charge in [0, 0.05) is 6.04 Å². The molecule has 0 aromatic heterocycles. The molecule has 0 saturated heterocycles. The number of nitrogens with one attached hydrogen (secondary N) is 1. The molecule has 2 nitrogen and oxygen atoms in total. The minimum atomic E-state index is 0.639. The lowest BCUT2D eigenvalue weighted by atomic mass is 9.93. The number of nitrogens with two attached hydrogens (primary N) is 1. The molecular formula is C8H18N2. The van der Waals surface area contributed by atoms with Crippen molar-refractivity contribution >= 4 is 0 Å². The first-order chi connectivity index (χ1) is 4.83. The summed E-state index contributed by atoms with van der Waals surface area (Å²) < 4.78 is 0. The van der Waals surface area contributed by atoms with E-state index in [1.165, 1.54) is 19.3 Å². The summed E-state index contributed by atoms with van der Waals surface area (Å²) >= 11 is 0. The zero-order chi connectivity index (χ0) is 7.40. The summed E-state index contributed by atoms with van der Waals surface area (Å²) in [6.45, 7) is 4.09. The van der Waals surface area contributed by atoms with Crippen LogP contribution in [-0.2, 0) is 0 Å². The van der Waals surface area contributed by atoms with Gasteiger partial charge in [-0.15, -0.1) is 0 Å². The van der Waals surface area contributed by atoms with Crippen LogP contribution in [0.5, 0.6) is 0 Å². The summed E-state index contributed by atoms with van der Waals surface area (Å²) in [5.74, 6) is 0.639. The smallest absolute Gasteiger partial charge is 0.00672 e. The van der Waals surface area contributed by atoms with Gasteiger partial charge in [-0.05, 0) is 31.8 Å². The second-order valence-corrected chi connectivity index (χ2v) is 3.38. The van der Waals surface area contributed by atoms with E-state index >= 15 is 0 Å². The second-order valence-electron chi connectivity index (χ2n) is 3.38. The molecule has 0 radical (unpaired) electrons. The molecule has 1 saturated carbocycles. The maximum Gasteiger partial charge on any atom is 0.00672 e. The predicted octanol–water partition coefficient (Wildman–Crippen LogP) is 0.723. The minimum Gasteiger partial charge on any atom is -0.330 e. The van der Waals surface area contributed by atoms with Crippen LogP contribution in [0, 0.1) is 5.92 Å². The third-order valence-electron chi connectivity index (χ3n) is 2.26. The lowest BCUT2D eigenvalue weighted by Crippen LogP contribution is -2.38. The summed E-state index contributed by atoms with van der Waals surface area (Å²) in [6, 6.07) is 0.814. The van der Waals surface area contributed by atoms with Crippen molar-refractivity contribution in [1.82, 2.24) is 5.32 Å². The van der Waals surface area contributed by atoms with Crippen molar-refractivity contribution in [3.05, 3.63) is 0 Å². The van der Waals surface area contributed by atoms with Gasteiger partial charge in [0.1, 0.15) is 0 Å².